The molecule has 15 rings (SSSR count). The number of fused-ring (bicyclic) bond motifs is 14. The van der Waals surface area contributed by atoms with E-state index >= 15 is 0 Å². The lowest BCUT2D eigenvalue weighted by molar-refractivity contribution is 0.668. The van der Waals surface area contributed by atoms with Gasteiger partial charge in [0.05, 0.1) is 0 Å². The van der Waals surface area contributed by atoms with Crippen molar-refractivity contribution in [2.75, 3.05) is 10.6 Å². The molecule has 4 heterocycles. The van der Waals surface area contributed by atoms with E-state index in [2.05, 4.69) is 205 Å². The van der Waals surface area contributed by atoms with Gasteiger partial charge in [-0.3, -0.25) is 0 Å². The van der Waals surface area contributed by atoms with Gasteiger partial charge in [-0.1, -0.05) is 97.1 Å². The van der Waals surface area contributed by atoms with Crippen LogP contribution in [0.25, 0.3) is 132 Å². The van der Waals surface area contributed by atoms with Crippen LogP contribution in [0.15, 0.2) is 236 Å². The Morgan fingerprint density at radius 3 is 1.21 bits per heavy atom. The number of nitrogens with one attached hydrogen (secondary N) is 2. The molecule has 0 atom stereocenters. The molecule has 70 heavy (non-hydrogen) atoms. The highest BCUT2D eigenvalue weighted by atomic mass is 16.3. The zero-order valence-corrected chi connectivity index (χ0v) is 37.4. The van der Waals surface area contributed by atoms with E-state index in [1.165, 1.54) is 10.8 Å². The van der Waals surface area contributed by atoms with Crippen molar-refractivity contribution in [3.63, 3.8) is 0 Å². The molecule has 328 valence electrons. The van der Waals surface area contributed by atoms with Crippen LogP contribution >= 0.6 is 0 Å². The second-order valence-corrected chi connectivity index (χ2v) is 18.2. The van der Waals surface area contributed by atoms with Gasteiger partial charge in [-0.15, -0.1) is 0 Å². The van der Waals surface area contributed by atoms with Gasteiger partial charge >= 0.3 is 0 Å². The average molecular weight is 899 g/mol. The van der Waals surface area contributed by atoms with Crippen molar-refractivity contribution in [1.29, 1.82) is 0 Å². The highest BCUT2D eigenvalue weighted by Gasteiger charge is 2.16. The summed E-state index contributed by atoms with van der Waals surface area (Å²) >= 11 is 0. The number of benzene rings is 11. The Morgan fingerprint density at radius 1 is 0.214 bits per heavy atom. The minimum absolute atomic E-state index is 0.838. The Labute approximate surface area is 399 Å². The maximum atomic E-state index is 6.44. The van der Waals surface area contributed by atoms with Gasteiger partial charge in [0.1, 0.15) is 44.7 Å². The molecule has 0 unspecified atom stereocenters. The van der Waals surface area contributed by atoms with Crippen LogP contribution in [0.4, 0.5) is 22.7 Å². The maximum Gasteiger partial charge on any atom is 0.136 e. The summed E-state index contributed by atoms with van der Waals surface area (Å²) in [5.74, 6) is 0. The van der Waals surface area contributed by atoms with Gasteiger partial charge in [-0.25, -0.2) is 0 Å². The summed E-state index contributed by atoms with van der Waals surface area (Å²) in [6, 6.07) is 76.4. The normalized spacial score (nSPS) is 12.0. The number of para-hydroxylation sites is 1. The van der Waals surface area contributed by atoms with Crippen LogP contribution in [0.5, 0.6) is 0 Å². The van der Waals surface area contributed by atoms with Gasteiger partial charge in [0.2, 0.25) is 0 Å². The predicted molar refractivity (Wildman–Crippen MR) is 289 cm³/mol. The number of anilines is 4. The molecule has 0 amide bonds. The van der Waals surface area contributed by atoms with E-state index in [0.717, 1.165) is 144 Å². The second-order valence-electron chi connectivity index (χ2n) is 18.2. The highest BCUT2D eigenvalue weighted by Crippen LogP contribution is 2.40. The number of hydrogen-bond donors (Lipinski definition) is 2. The lowest BCUT2D eigenvalue weighted by atomic mass is 10.00. The fraction of sp³-hybridized carbons (Fsp3) is 0. The van der Waals surface area contributed by atoms with Crippen molar-refractivity contribution in [3.8, 4) is 33.4 Å². The number of furan rings is 4. The van der Waals surface area contributed by atoms with Gasteiger partial charge < -0.3 is 28.3 Å². The molecule has 0 aliphatic carbocycles. The van der Waals surface area contributed by atoms with Crippen molar-refractivity contribution in [2.24, 2.45) is 0 Å². The van der Waals surface area contributed by atoms with Gasteiger partial charge in [-0.05, 0) is 165 Å². The van der Waals surface area contributed by atoms with E-state index in [1.54, 1.807) is 0 Å². The van der Waals surface area contributed by atoms with Crippen LogP contribution in [0.2, 0.25) is 0 Å². The summed E-state index contributed by atoms with van der Waals surface area (Å²) in [5, 5.41) is 18.4. The second kappa shape index (κ2) is 15.0. The molecule has 0 radical (unpaired) electrons. The molecule has 6 heteroatoms. The standard InChI is InChI=1S/C64H38N2O4/c1-2-6-48-39(5-1)15-28-61-64(48)55-32-41(17-27-60(55)68-61)38-11-20-45(21-12-38)66-47-23-30-59-54(36-47)51-25-14-43(34-63(51)70-59)42-13-24-50-53-35-46(22-29-58(53)69-62(50)33-42)65-44-18-9-37(10-19-44)40-16-26-57-52(31-40)49-7-3-4-8-56(49)67-57/h1-36,65-66H. The van der Waals surface area contributed by atoms with Gasteiger partial charge in [0.25, 0.3) is 0 Å². The predicted octanol–water partition coefficient (Wildman–Crippen LogP) is 18.9. The Balaban J connectivity index is 0.659. The zero-order chi connectivity index (χ0) is 45.9. The summed E-state index contributed by atoms with van der Waals surface area (Å²) in [5.41, 5.74) is 17.7. The largest absolute Gasteiger partial charge is 0.456 e. The maximum absolute atomic E-state index is 6.44. The fourth-order valence-electron chi connectivity index (χ4n) is 10.5. The SMILES string of the molecule is c1ccc2c(c1)ccc1oc3ccc(-c4ccc(Nc5ccc6oc7cc(-c8ccc9c(c8)oc8ccc(Nc%10ccc(-c%11ccc%12oc%13ccccc%13c%12c%11)cc%10)cc89)ccc7c6c5)cc4)cc3c12. The van der Waals surface area contributed by atoms with Crippen molar-refractivity contribution < 1.29 is 17.7 Å². The third-order valence-electron chi connectivity index (χ3n) is 14.0. The molecule has 11 aromatic carbocycles. The van der Waals surface area contributed by atoms with E-state index in [1.807, 2.05) is 24.3 Å². The Kier molecular flexibility index (Phi) is 8.26. The van der Waals surface area contributed by atoms with E-state index < -0.39 is 0 Å². The molecule has 0 spiro atoms. The molecule has 0 saturated carbocycles. The van der Waals surface area contributed by atoms with Crippen molar-refractivity contribution in [3.05, 3.63) is 218 Å². The fourth-order valence-corrected chi connectivity index (χ4v) is 10.5. The molecule has 0 aliphatic rings. The first-order valence-electron chi connectivity index (χ1n) is 23.5. The summed E-state index contributed by atoms with van der Waals surface area (Å²) < 4.78 is 25.2. The summed E-state index contributed by atoms with van der Waals surface area (Å²) in [7, 11) is 0. The molecule has 6 nitrogen and oxygen atoms in total. The lowest BCUT2D eigenvalue weighted by Gasteiger charge is -2.08. The van der Waals surface area contributed by atoms with E-state index in [-0.39, 0.29) is 0 Å². The average Bonchev–Trinajstić information content (AvgIpc) is 4.18. The third-order valence-corrected chi connectivity index (χ3v) is 14.0. The van der Waals surface area contributed by atoms with Crippen molar-refractivity contribution in [1.82, 2.24) is 0 Å². The zero-order valence-electron chi connectivity index (χ0n) is 37.4. The number of rotatable bonds is 7. The Morgan fingerprint density at radius 2 is 0.600 bits per heavy atom. The lowest BCUT2D eigenvalue weighted by Crippen LogP contribution is -1.90. The molecule has 0 bridgehead atoms. The highest BCUT2D eigenvalue weighted by molar-refractivity contribution is 6.19. The first-order chi connectivity index (χ1) is 34.6. The van der Waals surface area contributed by atoms with Crippen LogP contribution in [-0.4, -0.2) is 0 Å². The minimum atomic E-state index is 0.838. The Bertz CT molecular complexity index is 4590. The molecule has 0 saturated heterocycles. The van der Waals surface area contributed by atoms with Crippen LogP contribution in [0, 0.1) is 0 Å². The summed E-state index contributed by atoms with van der Waals surface area (Å²) in [6.07, 6.45) is 0. The first-order valence-corrected chi connectivity index (χ1v) is 23.5. The van der Waals surface area contributed by atoms with Gasteiger partial charge in [0, 0.05) is 65.8 Å². The summed E-state index contributed by atoms with van der Waals surface area (Å²) in [6.45, 7) is 0. The smallest absolute Gasteiger partial charge is 0.136 e. The summed E-state index contributed by atoms with van der Waals surface area (Å²) in [4.78, 5) is 0. The third kappa shape index (κ3) is 6.27. The van der Waals surface area contributed by atoms with Crippen LogP contribution in [0.1, 0.15) is 0 Å². The first kappa shape index (κ1) is 38.6. The number of hydrogen-bond acceptors (Lipinski definition) is 6. The van der Waals surface area contributed by atoms with Crippen LogP contribution in [-0.2, 0) is 0 Å². The minimum Gasteiger partial charge on any atom is -0.456 e. The molecular weight excluding hydrogens is 861 g/mol. The van der Waals surface area contributed by atoms with Crippen molar-refractivity contribution >= 4 is 121 Å². The quantitative estimate of drug-likeness (QED) is 0.166. The van der Waals surface area contributed by atoms with E-state index in [0.29, 0.717) is 0 Å². The Hall–Kier alpha value is -9.52. The molecule has 4 aromatic heterocycles. The topological polar surface area (TPSA) is 76.6 Å². The van der Waals surface area contributed by atoms with Crippen LogP contribution in [0.3, 0.4) is 0 Å². The molecule has 2 N–H and O–H groups in total. The van der Waals surface area contributed by atoms with Gasteiger partial charge in [-0.2, -0.15) is 0 Å². The molecule has 15 aromatic rings. The van der Waals surface area contributed by atoms with E-state index in [9.17, 15) is 0 Å². The monoisotopic (exact) mass is 898 g/mol. The molecule has 0 fully saturated rings. The van der Waals surface area contributed by atoms with E-state index in [4.69, 9.17) is 17.7 Å². The van der Waals surface area contributed by atoms with Crippen LogP contribution < -0.4 is 10.6 Å². The molecule has 0 aliphatic heterocycles. The molecular formula is C64H38N2O4. The van der Waals surface area contributed by atoms with Crippen molar-refractivity contribution in [2.45, 2.75) is 0 Å². The van der Waals surface area contributed by atoms with Gasteiger partial charge in [0.15, 0.2) is 0 Å².